The van der Waals surface area contributed by atoms with Crippen molar-refractivity contribution in [3.05, 3.63) is 107 Å². The van der Waals surface area contributed by atoms with Crippen molar-refractivity contribution < 1.29 is 33.4 Å². The number of benzene rings is 3. The van der Waals surface area contributed by atoms with Crippen molar-refractivity contribution in [1.82, 2.24) is 26.3 Å². The fourth-order valence-electron chi connectivity index (χ4n) is 6.37. The van der Waals surface area contributed by atoms with Gasteiger partial charge in [0, 0.05) is 50.7 Å². The smallest absolute Gasteiger partial charge is 0.257 e. The third kappa shape index (κ3) is 12.7. The summed E-state index contributed by atoms with van der Waals surface area (Å²) in [6.07, 6.45) is 4.64. The molecule has 4 aromatic rings. The first-order chi connectivity index (χ1) is 26.8. The number of piperidine rings is 1. The van der Waals surface area contributed by atoms with Crippen LogP contribution in [0.1, 0.15) is 73.1 Å². The van der Waals surface area contributed by atoms with Gasteiger partial charge in [0.2, 0.25) is 29.5 Å². The number of nitrogens with one attached hydrogen (secondary N) is 4. The van der Waals surface area contributed by atoms with Gasteiger partial charge in [0.25, 0.3) is 5.91 Å². The van der Waals surface area contributed by atoms with Gasteiger partial charge in [0.15, 0.2) is 6.61 Å². The zero-order valence-corrected chi connectivity index (χ0v) is 31.7. The van der Waals surface area contributed by atoms with E-state index in [1.165, 1.54) is 16.7 Å². The second kappa shape index (κ2) is 21.2. The molecule has 5 rings (SSSR count). The van der Waals surface area contributed by atoms with E-state index < -0.39 is 0 Å². The Bertz CT molecular complexity index is 1880. The SMILES string of the molecule is COc1nc(OCc2cccc(-c3ccccc3)c2C)ccc1CNCCNC(=O)CCCCCCNC(=O)COc1ccc(C2CCC(=O)NC2=O)cc1. The second-order valence-corrected chi connectivity index (χ2v) is 13.5. The van der Waals surface area contributed by atoms with Gasteiger partial charge in [-0.1, -0.05) is 73.5 Å². The van der Waals surface area contributed by atoms with Gasteiger partial charge in [0.05, 0.1) is 13.0 Å². The van der Waals surface area contributed by atoms with Crippen molar-refractivity contribution in [1.29, 1.82) is 0 Å². The summed E-state index contributed by atoms with van der Waals surface area (Å²) in [5.74, 6) is 0.424. The minimum Gasteiger partial charge on any atom is -0.484 e. The number of methoxy groups -OCH3 is 1. The van der Waals surface area contributed by atoms with E-state index in [-0.39, 0.29) is 36.2 Å². The molecule has 0 bridgehead atoms. The summed E-state index contributed by atoms with van der Waals surface area (Å²) < 4.78 is 17.2. The first-order valence-electron chi connectivity index (χ1n) is 18.9. The fraction of sp³-hybridized carbons (Fsp3) is 0.372. The minimum absolute atomic E-state index is 0.0164. The number of carbonyl (C=O) groups excluding carboxylic acids is 4. The predicted octanol–water partition coefficient (Wildman–Crippen LogP) is 5.52. The Morgan fingerprint density at radius 3 is 2.36 bits per heavy atom. The highest BCUT2D eigenvalue weighted by Crippen LogP contribution is 2.28. The van der Waals surface area contributed by atoms with Gasteiger partial charge in [0.1, 0.15) is 12.4 Å². The van der Waals surface area contributed by atoms with Gasteiger partial charge in [-0.15, -0.1) is 0 Å². The molecule has 12 heteroatoms. The summed E-state index contributed by atoms with van der Waals surface area (Å²) in [6, 6.07) is 27.3. The Balaban J connectivity index is 0.881. The Morgan fingerprint density at radius 2 is 1.58 bits per heavy atom. The van der Waals surface area contributed by atoms with E-state index in [0.29, 0.717) is 69.6 Å². The van der Waals surface area contributed by atoms with E-state index in [9.17, 15) is 19.2 Å². The molecule has 4 N–H and O–H groups in total. The minimum atomic E-state index is -0.357. The zero-order valence-electron chi connectivity index (χ0n) is 31.7. The molecule has 55 heavy (non-hydrogen) atoms. The van der Waals surface area contributed by atoms with Crippen LogP contribution in [0.15, 0.2) is 84.9 Å². The molecule has 0 radical (unpaired) electrons. The van der Waals surface area contributed by atoms with Crippen LogP contribution in [0.4, 0.5) is 0 Å². The normalized spacial score (nSPS) is 13.8. The van der Waals surface area contributed by atoms with E-state index in [4.69, 9.17) is 14.2 Å². The van der Waals surface area contributed by atoms with Gasteiger partial charge in [-0.3, -0.25) is 24.5 Å². The summed E-state index contributed by atoms with van der Waals surface area (Å²) >= 11 is 0. The highest BCUT2D eigenvalue weighted by atomic mass is 16.5. The van der Waals surface area contributed by atoms with Crippen LogP contribution in [-0.2, 0) is 32.3 Å². The molecule has 1 aliphatic rings. The standard InChI is InChI=1S/C43H51N5O7/c1-30-34(13-10-14-36(30)31-11-6-5-7-12-31)28-55-41-23-18-33(43(48-41)53-2)27-44-25-26-46-38(49)15-8-3-4-9-24-45-40(51)29-54-35-19-16-32(17-20-35)37-21-22-39(50)47-42(37)52/h5-7,10-14,16-20,23,37,44H,3-4,8-9,15,21-22,24-29H2,1-2H3,(H,45,51)(H,46,49)(H,47,50,52). The topological polar surface area (TPSA) is 157 Å². The van der Waals surface area contributed by atoms with Gasteiger partial charge in [-0.05, 0) is 72.2 Å². The van der Waals surface area contributed by atoms with Crippen molar-refractivity contribution in [2.75, 3.05) is 33.4 Å². The molecule has 3 aromatic carbocycles. The molecule has 1 aliphatic heterocycles. The maximum Gasteiger partial charge on any atom is 0.257 e. The van der Waals surface area contributed by atoms with Gasteiger partial charge >= 0.3 is 0 Å². The molecule has 4 amide bonds. The number of amides is 4. The second-order valence-electron chi connectivity index (χ2n) is 13.5. The summed E-state index contributed by atoms with van der Waals surface area (Å²) in [6.45, 7) is 4.57. The number of hydrogen-bond acceptors (Lipinski definition) is 9. The van der Waals surface area contributed by atoms with Crippen LogP contribution >= 0.6 is 0 Å². The lowest BCUT2D eigenvalue weighted by Crippen LogP contribution is -2.39. The van der Waals surface area contributed by atoms with Gasteiger partial charge < -0.3 is 30.2 Å². The summed E-state index contributed by atoms with van der Waals surface area (Å²) in [4.78, 5) is 52.5. The molecule has 0 spiro atoms. The van der Waals surface area contributed by atoms with Crippen LogP contribution in [0, 0.1) is 6.92 Å². The number of nitrogens with zero attached hydrogens (tertiary/aromatic N) is 1. The van der Waals surface area contributed by atoms with Crippen molar-refractivity contribution in [3.63, 3.8) is 0 Å². The van der Waals surface area contributed by atoms with Crippen LogP contribution in [0.3, 0.4) is 0 Å². The van der Waals surface area contributed by atoms with Gasteiger partial charge in [-0.2, -0.15) is 4.98 Å². The van der Waals surface area contributed by atoms with E-state index >= 15 is 0 Å². The van der Waals surface area contributed by atoms with E-state index in [2.05, 4.69) is 57.4 Å². The molecule has 0 saturated carbocycles. The number of aromatic nitrogens is 1. The molecule has 1 fully saturated rings. The summed E-state index contributed by atoms with van der Waals surface area (Å²) in [7, 11) is 1.59. The summed E-state index contributed by atoms with van der Waals surface area (Å²) in [5, 5.41) is 11.5. The summed E-state index contributed by atoms with van der Waals surface area (Å²) in [5.41, 5.74) is 6.32. The molecule has 12 nitrogen and oxygen atoms in total. The molecule has 1 saturated heterocycles. The van der Waals surface area contributed by atoms with Crippen molar-refractivity contribution >= 4 is 23.6 Å². The maximum absolute atomic E-state index is 12.3. The van der Waals surface area contributed by atoms with Crippen LogP contribution < -0.4 is 35.5 Å². The number of imide groups is 1. The lowest BCUT2D eigenvalue weighted by atomic mass is 9.90. The highest BCUT2D eigenvalue weighted by molar-refractivity contribution is 6.00. The van der Waals surface area contributed by atoms with Crippen molar-refractivity contribution in [2.45, 2.75) is 70.9 Å². The number of pyridine rings is 1. The Kier molecular flexibility index (Phi) is 15.6. The van der Waals surface area contributed by atoms with Crippen molar-refractivity contribution in [3.8, 4) is 28.6 Å². The zero-order chi connectivity index (χ0) is 38.8. The van der Waals surface area contributed by atoms with E-state index in [1.54, 1.807) is 31.4 Å². The molecular formula is C43H51N5O7. The van der Waals surface area contributed by atoms with Crippen LogP contribution in [0.2, 0.25) is 0 Å². The average Bonchev–Trinajstić information content (AvgIpc) is 3.20. The number of ether oxygens (including phenoxy) is 3. The molecule has 2 heterocycles. The third-order valence-electron chi connectivity index (χ3n) is 9.50. The van der Waals surface area contributed by atoms with E-state index in [1.807, 2.05) is 36.4 Å². The van der Waals surface area contributed by atoms with E-state index in [0.717, 1.165) is 42.4 Å². The van der Waals surface area contributed by atoms with Crippen LogP contribution in [0.5, 0.6) is 17.5 Å². The fourth-order valence-corrected chi connectivity index (χ4v) is 6.37. The number of rotatable bonds is 21. The monoisotopic (exact) mass is 749 g/mol. The number of hydrogen-bond donors (Lipinski definition) is 4. The first-order valence-corrected chi connectivity index (χ1v) is 18.9. The Labute approximate surface area is 322 Å². The number of carbonyl (C=O) groups is 4. The van der Waals surface area contributed by atoms with Crippen molar-refractivity contribution in [2.24, 2.45) is 0 Å². The molecular weight excluding hydrogens is 699 g/mol. The van der Waals surface area contributed by atoms with Crippen LogP contribution in [0.25, 0.3) is 11.1 Å². The molecule has 1 unspecified atom stereocenters. The lowest BCUT2D eigenvalue weighted by Gasteiger charge is -2.21. The predicted molar refractivity (Wildman–Crippen MR) is 210 cm³/mol. The largest absolute Gasteiger partial charge is 0.484 e. The molecule has 0 aliphatic carbocycles. The first kappa shape index (κ1) is 40.4. The Morgan fingerprint density at radius 1 is 0.800 bits per heavy atom. The highest BCUT2D eigenvalue weighted by Gasteiger charge is 2.27. The molecule has 290 valence electrons. The van der Waals surface area contributed by atoms with Gasteiger partial charge in [-0.25, -0.2) is 0 Å². The number of unbranched alkanes of at least 4 members (excludes halogenated alkanes) is 3. The Hall–Kier alpha value is -5.75. The molecule has 1 aromatic heterocycles. The van der Waals surface area contributed by atoms with Crippen LogP contribution in [-0.4, -0.2) is 62.0 Å². The quantitative estimate of drug-likeness (QED) is 0.0637. The third-order valence-corrected chi connectivity index (χ3v) is 9.50. The lowest BCUT2D eigenvalue weighted by molar-refractivity contribution is -0.134. The maximum atomic E-state index is 12.3. The molecule has 1 atom stereocenters. The average molecular weight is 750 g/mol.